The molecule has 0 spiro atoms. The van der Waals surface area contributed by atoms with E-state index in [4.69, 9.17) is 16.3 Å². The Bertz CT molecular complexity index is 1230. The summed E-state index contributed by atoms with van der Waals surface area (Å²) in [4.78, 5) is 29.6. The lowest BCUT2D eigenvalue weighted by atomic mass is 10.0. The van der Waals surface area contributed by atoms with Crippen molar-refractivity contribution in [2.75, 3.05) is 11.9 Å². The Morgan fingerprint density at radius 1 is 0.900 bits per heavy atom. The lowest BCUT2D eigenvalue weighted by molar-refractivity contribution is -0.119. The minimum Gasteiger partial charge on any atom is -0.452 e. The molecule has 0 aliphatic rings. The second-order valence-electron chi connectivity index (χ2n) is 6.57. The molecule has 1 heterocycles. The van der Waals surface area contributed by atoms with Gasteiger partial charge < -0.3 is 10.1 Å². The van der Waals surface area contributed by atoms with Crippen LogP contribution in [0.1, 0.15) is 10.4 Å². The summed E-state index contributed by atoms with van der Waals surface area (Å²) in [5.41, 5.74) is 3.11. The van der Waals surface area contributed by atoms with Crippen LogP contribution >= 0.6 is 11.6 Å². The Morgan fingerprint density at radius 3 is 2.47 bits per heavy atom. The summed E-state index contributed by atoms with van der Waals surface area (Å²) in [6, 6.07) is 25.3. The molecule has 148 valence electrons. The first-order valence-corrected chi connectivity index (χ1v) is 9.66. The van der Waals surface area contributed by atoms with Gasteiger partial charge in [-0.2, -0.15) is 0 Å². The van der Waals surface area contributed by atoms with E-state index in [2.05, 4.69) is 10.3 Å². The zero-order chi connectivity index (χ0) is 20.9. The number of benzene rings is 3. The normalized spacial score (nSPS) is 10.6. The molecule has 0 unspecified atom stereocenters. The molecule has 1 aromatic heterocycles. The van der Waals surface area contributed by atoms with Gasteiger partial charge in [0.1, 0.15) is 0 Å². The molecule has 3 aromatic carbocycles. The molecule has 4 rings (SSSR count). The first-order chi connectivity index (χ1) is 14.6. The van der Waals surface area contributed by atoms with Gasteiger partial charge >= 0.3 is 5.97 Å². The van der Waals surface area contributed by atoms with E-state index in [-0.39, 0.29) is 0 Å². The minimum absolute atomic E-state index is 0.356. The van der Waals surface area contributed by atoms with Gasteiger partial charge in [0.05, 0.1) is 16.8 Å². The summed E-state index contributed by atoms with van der Waals surface area (Å²) in [6.07, 6.45) is 0. The lowest BCUT2D eigenvalue weighted by Gasteiger charge is -2.10. The van der Waals surface area contributed by atoms with Crippen LogP contribution in [0.25, 0.3) is 22.2 Å². The smallest absolute Gasteiger partial charge is 0.339 e. The van der Waals surface area contributed by atoms with Crippen molar-refractivity contribution in [2.45, 2.75) is 0 Å². The van der Waals surface area contributed by atoms with Gasteiger partial charge in [0, 0.05) is 21.7 Å². The number of hydrogen-bond acceptors (Lipinski definition) is 4. The highest BCUT2D eigenvalue weighted by atomic mass is 35.5. The van der Waals surface area contributed by atoms with Gasteiger partial charge in [0.15, 0.2) is 6.61 Å². The standard InChI is InChI=1S/C24H17ClN2O3/c25-17-9-6-10-18(13-17)26-23(28)15-30-24(29)20-14-22(16-7-2-1-3-8-16)27-21-12-5-4-11-19(20)21/h1-14H,15H2,(H,26,28). The highest BCUT2D eigenvalue weighted by Gasteiger charge is 2.16. The number of esters is 1. The predicted molar refractivity (Wildman–Crippen MR) is 118 cm³/mol. The average Bonchev–Trinajstić information content (AvgIpc) is 2.77. The van der Waals surface area contributed by atoms with Gasteiger partial charge in [-0.15, -0.1) is 0 Å². The molecule has 0 saturated heterocycles. The Balaban J connectivity index is 1.56. The number of carbonyl (C=O) groups is 2. The highest BCUT2D eigenvalue weighted by molar-refractivity contribution is 6.30. The van der Waals surface area contributed by atoms with Crippen LogP contribution in [0.3, 0.4) is 0 Å². The quantitative estimate of drug-likeness (QED) is 0.445. The fourth-order valence-electron chi connectivity index (χ4n) is 3.07. The number of nitrogens with one attached hydrogen (secondary N) is 1. The molecule has 30 heavy (non-hydrogen) atoms. The summed E-state index contributed by atoms with van der Waals surface area (Å²) in [5, 5.41) is 3.82. The summed E-state index contributed by atoms with van der Waals surface area (Å²) < 4.78 is 5.28. The molecule has 0 bridgehead atoms. The SMILES string of the molecule is O=C(COC(=O)c1cc(-c2ccccc2)nc2ccccc12)Nc1cccc(Cl)c1. The van der Waals surface area contributed by atoms with E-state index < -0.39 is 18.5 Å². The first-order valence-electron chi connectivity index (χ1n) is 9.28. The van der Waals surface area contributed by atoms with Crippen molar-refractivity contribution in [2.24, 2.45) is 0 Å². The maximum atomic E-state index is 12.8. The molecule has 6 heteroatoms. The van der Waals surface area contributed by atoms with Gasteiger partial charge in [-0.05, 0) is 30.3 Å². The van der Waals surface area contributed by atoms with Crippen LogP contribution < -0.4 is 5.32 Å². The number of ether oxygens (including phenoxy) is 1. The lowest BCUT2D eigenvalue weighted by Crippen LogP contribution is -2.21. The first kappa shape index (κ1) is 19.6. The summed E-state index contributed by atoms with van der Waals surface area (Å²) in [7, 11) is 0. The van der Waals surface area contributed by atoms with Crippen LogP contribution in [0, 0.1) is 0 Å². The summed E-state index contributed by atoms with van der Waals surface area (Å²) in [6.45, 7) is -0.414. The maximum absolute atomic E-state index is 12.8. The minimum atomic E-state index is -0.591. The third-order valence-corrected chi connectivity index (χ3v) is 4.68. The number of pyridine rings is 1. The number of anilines is 1. The van der Waals surface area contributed by atoms with Crippen LogP contribution in [-0.2, 0) is 9.53 Å². The van der Waals surface area contributed by atoms with Crippen LogP contribution in [0.5, 0.6) is 0 Å². The van der Waals surface area contributed by atoms with E-state index in [1.165, 1.54) is 0 Å². The van der Waals surface area contributed by atoms with E-state index in [0.29, 0.717) is 32.9 Å². The van der Waals surface area contributed by atoms with Crippen molar-refractivity contribution in [1.82, 2.24) is 4.98 Å². The number of carbonyl (C=O) groups excluding carboxylic acids is 2. The topological polar surface area (TPSA) is 68.3 Å². The monoisotopic (exact) mass is 416 g/mol. The van der Waals surface area contributed by atoms with E-state index in [9.17, 15) is 9.59 Å². The van der Waals surface area contributed by atoms with Gasteiger partial charge in [-0.3, -0.25) is 4.79 Å². The predicted octanol–water partition coefficient (Wildman–Crippen LogP) is 5.35. The van der Waals surface area contributed by atoms with Crippen molar-refractivity contribution in [3.05, 3.63) is 95.5 Å². The molecule has 0 radical (unpaired) electrons. The Morgan fingerprint density at radius 2 is 1.67 bits per heavy atom. The van der Waals surface area contributed by atoms with Crippen LogP contribution in [-0.4, -0.2) is 23.5 Å². The molecule has 0 aliphatic carbocycles. The van der Waals surface area contributed by atoms with Crippen LogP contribution in [0.4, 0.5) is 5.69 Å². The molecule has 0 saturated carbocycles. The van der Waals surface area contributed by atoms with E-state index in [1.54, 1.807) is 36.4 Å². The molecule has 5 nitrogen and oxygen atoms in total. The number of amides is 1. The molecule has 4 aromatic rings. The maximum Gasteiger partial charge on any atom is 0.339 e. The third kappa shape index (κ3) is 4.47. The van der Waals surface area contributed by atoms with E-state index in [0.717, 1.165) is 5.56 Å². The number of nitrogens with zero attached hydrogens (tertiary/aromatic N) is 1. The van der Waals surface area contributed by atoms with Crippen molar-refractivity contribution in [3.63, 3.8) is 0 Å². The molecule has 0 atom stereocenters. The number of fused-ring (bicyclic) bond motifs is 1. The average molecular weight is 417 g/mol. The number of halogens is 1. The Labute approximate surface area is 178 Å². The van der Waals surface area contributed by atoms with Gasteiger partial charge in [-0.25, -0.2) is 9.78 Å². The van der Waals surface area contributed by atoms with Crippen LogP contribution in [0.15, 0.2) is 84.9 Å². The second kappa shape index (κ2) is 8.76. The Kier molecular flexibility index (Phi) is 5.72. The van der Waals surface area contributed by atoms with Crippen molar-refractivity contribution in [3.8, 4) is 11.3 Å². The zero-order valence-electron chi connectivity index (χ0n) is 15.8. The molecule has 1 N–H and O–H groups in total. The second-order valence-corrected chi connectivity index (χ2v) is 7.01. The number of aromatic nitrogens is 1. The molecule has 1 amide bonds. The molecular weight excluding hydrogens is 400 g/mol. The molecule has 0 aliphatic heterocycles. The fraction of sp³-hybridized carbons (Fsp3) is 0.0417. The summed E-state index contributed by atoms with van der Waals surface area (Å²) in [5.74, 6) is -1.04. The van der Waals surface area contributed by atoms with Crippen molar-refractivity contribution < 1.29 is 14.3 Å². The van der Waals surface area contributed by atoms with Crippen molar-refractivity contribution >= 4 is 40.1 Å². The van der Waals surface area contributed by atoms with E-state index in [1.807, 2.05) is 48.5 Å². The molecular formula is C24H17ClN2O3. The molecule has 0 fully saturated rings. The number of para-hydroxylation sites is 1. The number of hydrogen-bond donors (Lipinski definition) is 1. The van der Waals surface area contributed by atoms with Crippen LogP contribution in [0.2, 0.25) is 5.02 Å². The van der Waals surface area contributed by atoms with Gasteiger partial charge in [0.25, 0.3) is 5.91 Å². The third-order valence-electron chi connectivity index (χ3n) is 4.45. The highest BCUT2D eigenvalue weighted by Crippen LogP contribution is 2.25. The zero-order valence-corrected chi connectivity index (χ0v) is 16.6. The Hall–Kier alpha value is -3.70. The summed E-state index contributed by atoms with van der Waals surface area (Å²) >= 11 is 5.91. The van der Waals surface area contributed by atoms with Crippen molar-refractivity contribution in [1.29, 1.82) is 0 Å². The number of rotatable bonds is 5. The van der Waals surface area contributed by atoms with Gasteiger partial charge in [0.2, 0.25) is 0 Å². The van der Waals surface area contributed by atoms with E-state index >= 15 is 0 Å². The largest absolute Gasteiger partial charge is 0.452 e. The van der Waals surface area contributed by atoms with Gasteiger partial charge in [-0.1, -0.05) is 66.2 Å². The fourth-order valence-corrected chi connectivity index (χ4v) is 3.26.